The first-order chi connectivity index (χ1) is 14.2. The van der Waals surface area contributed by atoms with Gasteiger partial charge in [-0.15, -0.1) is 11.3 Å². The average Bonchev–Trinajstić information content (AvgIpc) is 3.44. The Morgan fingerprint density at radius 2 is 1.83 bits per heavy atom. The number of piperazine rings is 1. The maximum Gasteiger partial charge on any atom is 0.257 e. The second-order valence-electron chi connectivity index (χ2n) is 6.89. The smallest absolute Gasteiger partial charge is 0.257 e. The van der Waals surface area contributed by atoms with Crippen LogP contribution in [0.3, 0.4) is 0 Å². The van der Waals surface area contributed by atoms with E-state index in [4.69, 9.17) is 5.10 Å². The van der Waals surface area contributed by atoms with Gasteiger partial charge in [-0.3, -0.25) is 14.5 Å². The Labute approximate surface area is 173 Å². The van der Waals surface area contributed by atoms with Gasteiger partial charge in [0.1, 0.15) is 5.69 Å². The predicted molar refractivity (Wildman–Crippen MR) is 113 cm³/mol. The average molecular weight is 410 g/mol. The van der Waals surface area contributed by atoms with Crippen LogP contribution in [-0.4, -0.2) is 71.2 Å². The molecule has 1 saturated heterocycles. The van der Waals surface area contributed by atoms with Crippen LogP contribution in [0.1, 0.15) is 10.4 Å². The standard InChI is InChI=1S/C21H23N5O2S/c1-22-19(27)15-24-9-11-25(12-10-24)21(28)17-14-26(16-6-3-2-4-7-16)23-20(17)18-8-5-13-29-18/h2-8,13-14H,9-12,15H2,1H3,(H,22,27). The molecule has 3 heterocycles. The van der Waals surface area contributed by atoms with E-state index in [2.05, 4.69) is 10.2 Å². The van der Waals surface area contributed by atoms with Gasteiger partial charge in [-0.25, -0.2) is 4.68 Å². The Hall–Kier alpha value is -2.97. The molecule has 1 fully saturated rings. The van der Waals surface area contributed by atoms with Gasteiger partial charge in [0.15, 0.2) is 0 Å². The predicted octanol–water partition coefficient (Wildman–Crippen LogP) is 2.10. The summed E-state index contributed by atoms with van der Waals surface area (Å²) in [7, 11) is 1.64. The molecular formula is C21H23N5O2S. The van der Waals surface area contributed by atoms with Gasteiger partial charge in [-0.1, -0.05) is 24.3 Å². The zero-order valence-corrected chi connectivity index (χ0v) is 17.1. The number of carbonyl (C=O) groups excluding carboxylic acids is 2. The topological polar surface area (TPSA) is 70.5 Å². The van der Waals surface area contributed by atoms with E-state index in [9.17, 15) is 9.59 Å². The van der Waals surface area contributed by atoms with Crippen molar-refractivity contribution in [1.82, 2.24) is 24.9 Å². The minimum Gasteiger partial charge on any atom is -0.358 e. The van der Waals surface area contributed by atoms with E-state index in [0.717, 1.165) is 10.6 Å². The van der Waals surface area contributed by atoms with E-state index in [1.54, 1.807) is 23.1 Å². The summed E-state index contributed by atoms with van der Waals surface area (Å²) < 4.78 is 1.77. The number of nitrogens with one attached hydrogen (secondary N) is 1. The molecule has 8 heteroatoms. The molecule has 1 aliphatic rings. The molecule has 0 unspecified atom stereocenters. The SMILES string of the molecule is CNC(=O)CN1CCN(C(=O)c2cn(-c3ccccc3)nc2-c2cccs2)CC1. The molecule has 1 aromatic carbocycles. The van der Waals surface area contributed by atoms with Crippen LogP contribution in [-0.2, 0) is 4.79 Å². The first-order valence-corrected chi connectivity index (χ1v) is 10.4. The van der Waals surface area contributed by atoms with E-state index in [1.165, 1.54) is 0 Å². The third kappa shape index (κ3) is 4.23. The summed E-state index contributed by atoms with van der Waals surface area (Å²) in [6, 6.07) is 13.8. The Kier molecular flexibility index (Phi) is 5.73. The number of nitrogens with zero attached hydrogens (tertiary/aromatic N) is 4. The molecule has 2 amide bonds. The largest absolute Gasteiger partial charge is 0.358 e. The highest BCUT2D eigenvalue weighted by molar-refractivity contribution is 7.13. The molecule has 0 bridgehead atoms. The van der Waals surface area contributed by atoms with Crippen LogP contribution in [0, 0.1) is 0 Å². The monoisotopic (exact) mass is 409 g/mol. The van der Waals surface area contributed by atoms with Gasteiger partial charge >= 0.3 is 0 Å². The van der Waals surface area contributed by atoms with Crippen molar-refractivity contribution in [1.29, 1.82) is 0 Å². The summed E-state index contributed by atoms with van der Waals surface area (Å²) >= 11 is 1.57. The summed E-state index contributed by atoms with van der Waals surface area (Å²) in [5.41, 5.74) is 2.23. The molecule has 29 heavy (non-hydrogen) atoms. The number of aromatic nitrogens is 2. The normalized spacial score (nSPS) is 14.7. The van der Waals surface area contributed by atoms with E-state index in [1.807, 2.05) is 58.9 Å². The molecule has 0 aliphatic carbocycles. The lowest BCUT2D eigenvalue weighted by atomic mass is 10.1. The van der Waals surface area contributed by atoms with E-state index in [0.29, 0.717) is 44.0 Å². The lowest BCUT2D eigenvalue weighted by Gasteiger charge is -2.34. The molecule has 150 valence electrons. The van der Waals surface area contributed by atoms with Crippen molar-refractivity contribution in [2.75, 3.05) is 39.8 Å². The summed E-state index contributed by atoms with van der Waals surface area (Å²) in [4.78, 5) is 29.8. The van der Waals surface area contributed by atoms with Gasteiger partial charge in [-0.05, 0) is 23.6 Å². The van der Waals surface area contributed by atoms with Gasteiger partial charge in [0.05, 0.1) is 22.7 Å². The van der Waals surface area contributed by atoms with E-state index in [-0.39, 0.29) is 11.8 Å². The number of rotatable bonds is 5. The minimum atomic E-state index is -0.0184. The van der Waals surface area contributed by atoms with Crippen LogP contribution in [0.2, 0.25) is 0 Å². The number of benzene rings is 1. The summed E-state index contributed by atoms with van der Waals surface area (Å²) in [5, 5.41) is 9.35. The Morgan fingerprint density at radius 1 is 1.07 bits per heavy atom. The summed E-state index contributed by atoms with van der Waals surface area (Å²) in [5.74, 6) is -0.0240. The van der Waals surface area contributed by atoms with Crippen molar-refractivity contribution in [3.63, 3.8) is 0 Å². The molecule has 0 saturated carbocycles. The Morgan fingerprint density at radius 3 is 2.48 bits per heavy atom. The Balaban J connectivity index is 1.57. The molecule has 3 aromatic rings. The third-order valence-electron chi connectivity index (χ3n) is 5.03. The van der Waals surface area contributed by atoms with Crippen LogP contribution in [0.25, 0.3) is 16.3 Å². The molecule has 1 N–H and O–H groups in total. The van der Waals surface area contributed by atoms with Gasteiger partial charge in [-0.2, -0.15) is 5.10 Å². The lowest BCUT2D eigenvalue weighted by Crippen LogP contribution is -2.50. The number of likely N-dealkylation sites (N-methyl/N-ethyl adjacent to an activating group) is 1. The molecule has 1 aliphatic heterocycles. The lowest BCUT2D eigenvalue weighted by molar-refractivity contribution is -0.122. The third-order valence-corrected chi connectivity index (χ3v) is 5.90. The zero-order valence-electron chi connectivity index (χ0n) is 16.2. The highest BCUT2D eigenvalue weighted by Crippen LogP contribution is 2.29. The quantitative estimate of drug-likeness (QED) is 0.701. The summed E-state index contributed by atoms with van der Waals surface area (Å²) in [6.45, 7) is 2.91. The first-order valence-electron chi connectivity index (χ1n) is 9.57. The zero-order chi connectivity index (χ0) is 20.2. The molecule has 0 atom stereocenters. The van der Waals surface area contributed by atoms with Crippen molar-refractivity contribution in [3.05, 3.63) is 59.6 Å². The second kappa shape index (κ2) is 8.59. The second-order valence-corrected chi connectivity index (χ2v) is 7.84. The van der Waals surface area contributed by atoms with Crippen molar-refractivity contribution >= 4 is 23.2 Å². The van der Waals surface area contributed by atoms with Crippen molar-refractivity contribution in [3.8, 4) is 16.3 Å². The fourth-order valence-electron chi connectivity index (χ4n) is 3.40. The van der Waals surface area contributed by atoms with E-state index >= 15 is 0 Å². The maximum atomic E-state index is 13.3. The molecular weight excluding hydrogens is 386 g/mol. The first kappa shape index (κ1) is 19.4. The van der Waals surface area contributed by atoms with Gasteiger partial charge in [0, 0.05) is 39.4 Å². The van der Waals surface area contributed by atoms with Crippen LogP contribution < -0.4 is 5.32 Å². The fourth-order valence-corrected chi connectivity index (χ4v) is 4.12. The number of hydrogen-bond donors (Lipinski definition) is 1. The Bertz CT molecular complexity index is 976. The van der Waals surface area contributed by atoms with Crippen LogP contribution in [0.15, 0.2) is 54.0 Å². The number of thiophene rings is 1. The molecule has 4 rings (SSSR count). The highest BCUT2D eigenvalue weighted by Gasteiger charge is 2.27. The van der Waals surface area contributed by atoms with Crippen LogP contribution >= 0.6 is 11.3 Å². The van der Waals surface area contributed by atoms with Gasteiger partial charge in [0.25, 0.3) is 5.91 Å². The fraction of sp³-hybridized carbons (Fsp3) is 0.286. The highest BCUT2D eigenvalue weighted by atomic mass is 32.1. The number of hydrogen-bond acceptors (Lipinski definition) is 5. The molecule has 2 aromatic heterocycles. The molecule has 7 nitrogen and oxygen atoms in total. The number of carbonyl (C=O) groups is 2. The van der Waals surface area contributed by atoms with Crippen LogP contribution in [0.5, 0.6) is 0 Å². The summed E-state index contributed by atoms with van der Waals surface area (Å²) in [6.07, 6.45) is 1.82. The van der Waals surface area contributed by atoms with Gasteiger partial charge < -0.3 is 10.2 Å². The van der Waals surface area contributed by atoms with Gasteiger partial charge in [0.2, 0.25) is 5.91 Å². The maximum absolute atomic E-state index is 13.3. The minimum absolute atomic E-state index is 0.00565. The van der Waals surface area contributed by atoms with Crippen molar-refractivity contribution in [2.45, 2.75) is 0 Å². The van der Waals surface area contributed by atoms with Crippen molar-refractivity contribution in [2.24, 2.45) is 0 Å². The number of para-hydroxylation sites is 1. The van der Waals surface area contributed by atoms with Crippen molar-refractivity contribution < 1.29 is 9.59 Å². The molecule has 0 radical (unpaired) electrons. The molecule has 0 spiro atoms. The van der Waals surface area contributed by atoms with Crippen LogP contribution in [0.4, 0.5) is 0 Å². The van der Waals surface area contributed by atoms with E-state index < -0.39 is 0 Å². The number of amides is 2.